The van der Waals surface area contributed by atoms with Crippen LogP contribution in [0.2, 0.25) is 0 Å². The molecule has 152 valence electrons. The predicted octanol–water partition coefficient (Wildman–Crippen LogP) is 3.70. The third kappa shape index (κ3) is 4.39. The summed E-state index contributed by atoms with van der Waals surface area (Å²) in [5, 5.41) is 20.0. The van der Waals surface area contributed by atoms with Gasteiger partial charge in [0.05, 0.1) is 13.7 Å². The van der Waals surface area contributed by atoms with Gasteiger partial charge >= 0.3 is 5.97 Å². The number of phenolic OH excluding ortho intramolecular Hbond substituents is 1. The number of ether oxygens (including phenoxy) is 2. The molecule has 0 aliphatic heterocycles. The lowest BCUT2D eigenvalue weighted by molar-refractivity contribution is -0.137. The van der Waals surface area contributed by atoms with E-state index in [0.29, 0.717) is 28.9 Å². The van der Waals surface area contributed by atoms with Gasteiger partial charge < -0.3 is 14.6 Å². The zero-order chi connectivity index (χ0) is 21.2. The summed E-state index contributed by atoms with van der Waals surface area (Å²) in [6.07, 6.45) is 1.63. The van der Waals surface area contributed by atoms with Gasteiger partial charge in [-0.15, -0.1) is 15.0 Å². The summed E-state index contributed by atoms with van der Waals surface area (Å²) < 4.78 is 10.3. The third-order valence-corrected chi connectivity index (χ3v) is 4.56. The zero-order valence-electron chi connectivity index (χ0n) is 17.1. The predicted molar refractivity (Wildman–Crippen MR) is 111 cm³/mol. The van der Waals surface area contributed by atoms with Crippen LogP contribution in [0.1, 0.15) is 31.9 Å². The van der Waals surface area contributed by atoms with E-state index in [0.717, 1.165) is 17.2 Å². The number of rotatable bonds is 6. The monoisotopic (exact) mass is 395 g/mol. The molecule has 0 amide bonds. The van der Waals surface area contributed by atoms with Gasteiger partial charge in [0, 0.05) is 24.1 Å². The normalized spacial score (nSPS) is 11.4. The zero-order valence-corrected chi connectivity index (χ0v) is 17.1. The van der Waals surface area contributed by atoms with Crippen molar-refractivity contribution in [3.63, 3.8) is 0 Å². The first-order valence-electron chi connectivity index (χ1n) is 9.30. The van der Waals surface area contributed by atoms with E-state index in [1.165, 1.54) is 4.80 Å². The summed E-state index contributed by atoms with van der Waals surface area (Å²) in [6.45, 7) is 9.66. The Morgan fingerprint density at radius 2 is 1.93 bits per heavy atom. The van der Waals surface area contributed by atoms with Gasteiger partial charge in [-0.05, 0) is 29.2 Å². The second kappa shape index (κ2) is 7.95. The molecule has 0 saturated heterocycles. The second-order valence-electron chi connectivity index (χ2n) is 7.73. The van der Waals surface area contributed by atoms with Crippen molar-refractivity contribution in [2.75, 3.05) is 13.7 Å². The molecule has 29 heavy (non-hydrogen) atoms. The van der Waals surface area contributed by atoms with Crippen LogP contribution >= 0.6 is 0 Å². The maximum absolute atomic E-state index is 11.3. The van der Waals surface area contributed by atoms with Gasteiger partial charge in [-0.1, -0.05) is 33.4 Å². The van der Waals surface area contributed by atoms with Crippen LogP contribution in [0.15, 0.2) is 43.0 Å². The van der Waals surface area contributed by atoms with E-state index in [-0.39, 0.29) is 17.8 Å². The number of nitrogens with zero attached hydrogens (tertiary/aromatic N) is 3. The first-order chi connectivity index (χ1) is 13.7. The molecule has 0 fully saturated rings. The smallest absolute Gasteiger partial charge is 0.330 e. The number of fused-ring (bicyclic) bond motifs is 1. The van der Waals surface area contributed by atoms with Crippen LogP contribution in [0, 0.1) is 0 Å². The summed E-state index contributed by atoms with van der Waals surface area (Å²) in [6, 6.07) is 9.15. The minimum atomic E-state index is -0.464. The van der Waals surface area contributed by atoms with E-state index < -0.39 is 5.97 Å². The highest BCUT2D eigenvalue weighted by molar-refractivity contribution is 5.81. The molecule has 0 spiro atoms. The molecule has 1 heterocycles. The average molecular weight is 395 g/mol. The van der Waals surface area contributed by atoms with Gasteiger partial charge in [0.1, 0.15) is 28.2 Å². The van der Waals surface area contributed by atoms with Crippen molar-refractivity contribution in [3.05, 3.63) is 54.1 Å². The number of aromatic hydroxyl groups is 1. The SMILES string of the molecule is C=CC(=O)OCCc1cc(-n2nc3ccc(OC)cc3n2)c(O)c(C(C)(C)C)c1. The number of carbonyl (C=O) groups excluding carboxylic acids is 1. The fraction of sp³-hybridized carbons (Fsp3) is 0.318. The lowest BCUT2D eigenvalue weighted by Crippen LogP contribution is -2.14. The van der Waals surface area contributed by atoms with Crippen molar-refractivity contribution in [1.82, 2.24) is 15.0 Å². The molecule has 2 aromatic carbocycles. The Morgan fingerprint density at radius 1 is 1.21 bits per heavy atom. The molecule has 3 rings (SSSR count). The molecule has 3 aromatic rings. The Morgan fingerprint density at radius 3 is 2.59 bits per heavy atom. The van der Waals surface area contributed by atoms with Gasteiger partial charge in [-0.3, -0.25) is 0 Å². The lowest BCUT2D eigenvalue weighted by Gasteiger charge is -2.23. The highest BCUT2D eigenvalue weighted by atomic mass is 16.5. The summed E-state index contributed by atoms with van der Waals surface area (Å²) in [5.41, 5.74) is 3.18. The van der Waals surface area contributed by atoms with Crippen molar-refractivity contribution in [2.24, 2.45) is 0 Å². The summed E-state index contributed by atoms with van der Waals surface area (Å²) in [7, 11) is 1.59. The molecule has 7 nitrogen and oxygen atoms in total. The Kier molecular flexibility index (Phi) is 5.59. The third-order valence-electron chi connectivity index (χ3n) is 4.56. The van der Waals surface area contributed by atoms with Crippen molar-refractivity contribution in [3.8, 4) is 17.2 Å². The van der Waals surface area contributed by atoms with Gasteiger partial charge in [0.2, 0.25) is 0 Å². The van der Waals surface area contributed by atoms with Crippen LogP contribution in [0.5, 0.6) is 11.5 Å². The van der Waals surface area contributed by atoms with Crippen molar-refractivity contribution < 1.29 is 19.4 Å². The summed E-state index contributed by atoms with van der Waals surface area (Å²) in [5.74, 6) is 0.340. The van der Waals surface area contributed by atoms with Gasteiger partial charge in [-0.25, -0.2) is 4.79 Å². The number of methoxy groups -OCH3 is 1. The van der Waals surface area contributed by atoms with E-state index >= 15 is 0 Å². The van der Waals surface area contributed by atoms with Crippen molar-refractivity contribution in [1.29, 1.82) is 0 Å². The fourth-order valence-corrected chi connectivity index (χ4v) is 3.00. The van der Waals surface area contributed by atoms with Crippen molar-refractivity contribution >= 4 is 17.0 Å². The Hall–Kier alpha value is -3.35. The van der Waals surface area contributed by atoms with Crippen LogP contribution < -0.4 is 4.74 Å². The molecule has 0 radical (unpaired) electrons. The van der Waals surface area contributed by atoms with Crippen LogP contribution in [-0.4, -0.2) is 39.8 Å². The number of aromatic nitrogens is 3. The van der Waals surface area contributed by atoms with E-state index in [9.17, 15) is 9.90 Å². The number of hydrogen-bond acceptors (Lipinski definition) is 6. The van der Waals surface area contributed by atoms with E-state index in [1.807, 2.05) is 45.0 Å². The molecule has 0 unspecified atom stereocenters. The first-order valence-corrected chi connectivity index (χ1v) is 9.30. The molecule has 0 aliphatic carbocycles. The lowest BCUT2D eigenvalue weighted by atomic mass is 9.84. The topological polar surface area (TPSA) is 86.5 Å². The summed E-state index contributed by atoms with van der Waals surface area (Å²) >= 11 is 0. The molecule has 1 N–H and O–H groups in total. The van der Waals surface area contributed by atoms with Crippen molar-refractivity contribution in [2.45, 2.75) is 32.6 Å². The number of hydrogen-bond donors (Lipinski definition) is 1. The van der Waals surface area contributed by atoms with Crippen LogP contribution in [-0.2, 0) is 21.4 Å². The molecule has 7 heteroatoms. The fourth-order valence-electron chi connectivity index (χ4n) is 3.00. The standard InChI is InChI=1S/C22H25N3O4/c1-6-20(26)29-10-9-14-11-16(22(2,3)4)21(27)19(12-14)25-23-17-8-7-15(28-5)13-18(17)24-25/h6-8,11-13,27H,1,9-10H2,2-5H3. The molecular weight excluding hydrogens is 370 g/mol. The highest BCUT2D eigenvalue weighted by Gasteiger charge is 2.23. The molecule has 0 bridgehead atoms. The molecule has 0 saturated carbocycles. The quantitative estimate of drug-likeness (QED) is 0.506. The Balaban J connectivity index is 2.05. The summed E-state index contributed by atoms with van der Waals surface area (Å²) in [4.78, 5) is 12.7. The number of benzene rings is 2. The number of esters is 1. The number of phenols is 1. The molecule has 0 atom stereocenters. The average Bonchev–Trinajstić information content (AvgIpc) is 3.10. The van der Waals surface area contributed by atoms with Gasteiger partial charge in [0.25, 0.3) is 0 Å². The maximum atomic E-state index is 11.3. The minimum Gasteiger partial charge on any atom is -0.505 e. The second-order valence-corrected chi connectivity index (χ2v) is 7.73. The molecular formula is C22H25N3O4. The van der Waals surface area contributed by atoms with Crippen LogP contribution in [0.25, 0.3) is 16.7 Å². The van der Waals surface area contributed by atoms with Gasteiger partial charge in [0.15, 0.2) is 0 Å². The Bertz CT molecular complexity index is 1060. The van der Waals surface area contributed by atoms with E-state index in [1.54, 1.807) is 13.2 Å². The molecule has 0 aliphatic rings. The largest absolute Gasteiger partial charge is 0.505 e. The minimum absolute atomic E-state index is 0.122. The molecule has 1 aromatic heterocycles. The van der Waals surface area contributed by atoms with Gasteiger partial charge in [-0.2, -0.15) is 0 Å². The number of carbonyl (C=O) groups is 1. The first kappa shape index (κ1) is 20.4. The Labute approximate surface area is 169 Å². The van der Waals surface area contributed by atoms with E-state index in [4.69, 9.17) is 9.47 Å². The van der Waals surface area contributed by atoms with E-state index in [2.05, 4.69) is 16.8 Å². The highest BCUT2D eigenvalue weighted by Crippen LogP contribution is 2.36. The maximum Gasteiger partial charge on any atom is 0.330 e. The van der Waals surface area contributed by atoms with Crippen LogP contribution in [0.3, 0.4) is 0 Å². The van der Waals surface area contributed by atoms with Crippen LogP contribution in [0.4, 0.5) is 0 Å².